The van der Waals surface area contributed by atoms with E-state index in [0.717, 1.165) is 26.3 Å². The number of hydrogen-bond donors (Lipinski definition) is 0. The van der Waals surface area contributed by atoms with Crippen LogP contribution >= 0.6 is 23.1 Å². The molecule has 0 atom stereocenters. The molecule has 0 amide bonds. The Bertz CT molecular complexity index is 931. The zero-order valence-electron chi connectivity index (χ0n) is 11.3. The molecule has 22 heavy (non-hydrogen) atoms. The maximum absolute atomic E-state index is 13.5. The Morgan fingerprint density at radius 1 is 1.14 bits per heavy atom. The van der Waals surface area contributed by atoms with Crippen LogP contribution in [0.3, 0.4) is 0 Å². The maximum Gasteiger partial charge on any atom is 0.195 e. The third-order valence-corrected chi connectivity index (χ3v) is 4.95. The van der Waals surface area contributed by atoms with E-state index in [1.54, 1.807) is 23.6 Å². The Morgan fingerprint density at radius 2 is 2.09 bits per heavy atom. The number of rotatable bonds is 3. The number of halogens is 1. The number of imidazole rings is 1. The van der Waals surface area contributed by atoms with E-state index >= 15 is 0 Å². The van der Waals surface area contributed by atoms with E-state index in [1.165, 1.54) is 23.9 Å². The molecule has 0 aliphatic rings. The lowest BCUT2D eigenvalue weighted by Crippen LogP contribution is -1.87. The smallest absolute Gasteiger partial charge is 0.195 e. The second-order valence-electron chi connectivity index (χ2n) is 4.60. The first-order chi connectivity index (χ1) is 10.8. The third kappa shape index (κ3) is 2.40. The van der Waals surface area contributed by atoms with Gasteiger partial charge in [-0.05, 0) is 36.0 Å². The number of hydrogen-bond acceptors (Lipinski definition) is 4. The minimum atomic E-state index is -0.261. The Balaban J connectivity index is 1.88. The summed E-state index contributed by atoms with van der Waals surface area (Å²) in [5, 5.41) is 3.81. The summed E-state index contributed by atoms with van der Waals surface area (Å²) in [5.74, 6) is -0.261. The van der Waals surface area contributed by atoms with Gasteiger partial charge in [0.1, 0.15) is 21.6 Å². The fourth-order valence-electron chi connectivity index (χ4n) is 2.19. The molecule has 0 spiro atoms. The van der Waals surface area contributed by atoms with E-state index in [9.17, 15) is 4.39 Å². The molecule has 6 heteroatoms. The van der Waals surface area contributed by atoms with Crippen LogP contribution in [-0.2, 0) is 0 Å². The van der Waals surface area contributed by atoms with Crippen LogP contribution in [0.25, 0.3) is 16.2 Å². The van der Waals surface area contributed by atoms with Crippen LogP contribution in [0, 0.1) is 5.82 Å². The molecule has 0 saturated carbocycles. The zero-order chi connectivity index (χ0) is 14.9. The molecule has 0 radical (unpaired) electrons. The molecular weight excluding hydrogens is 317 g/mol. The predicted molar refractivity (Wildman–Crippen MR) is 86.8 cm³/mol. The molecule has 108 valence electrons. The molecule has 3 heterocycles. The second-order valence-corrected chi connectivity index (χ2v) is 6.48. The Morgan fingerprint density at radius 3 is 2.91 bits per heavy atom. The quantitative estimate of drug-likeness (QED) is 0.544. The van der Waals surface area contributed by atoms with Crippen molar-refractivity contribution >= 4 is 28.1 Å². The highest BCUT2D eigenvalue weighted by molar-refractivity contribution is 7.99. The Labute approximate surface area is 134 Å². The predicted octanol–water partition coefficient (Wildman–Crippen LogP) is 4.75. The summed E-state index contributed by atoms with van der Waals surface area (Å²) in [6.45, 7) is 0. The lowest BCUT2D eigenvalue weighted by Gasteiger charge is -2.04. The normalized spacial score (nSPS) is 11.1. The monoisotopic (exact) mass is 327 g/mol. The van der Waals surface area contributed by atoms with Gasteiger partial charge in [-0.15, -0.1) is 11.3 Å². The van der Waals surface area contributed by atoms with Crippen LogP contribution < -0.4 is 0 Å². The van der Waals surface area contributed by atoms with Gasteiger partial charge in [-0.1, -0.05) is 18.2 Å². The number of pyridine rings is 1. The Hall–Kier alpha value is -2.18. The number of aromatic nitrogens is 3. The van der Waals surface area contributed by atoms with Gasteiger partial charge in [0.15, 0.2) is 4.96 Å². The molecule has 1 aromatic carbocycles. The summed E-state index contributed by atoms with van der Waals surface area (Å²) in [6, 6.07) is 12.3. The molecule has 0 aliphatic carbocycles. The van der Waals surface area contributed by atoms with Crippen molar-refractivity contribution in [2.24, 2.45) is 0 Å². The van der Waals surface area contributed by atoms with Crippen LogP contribution in [0.15, 0.2) is 70.3 Å². The highest BCUT2D eigenvalue weighted by atomic mass is 32.2. The number of nitrogens with zero attached hydrogens (tertiary/aromatic N) is 3. The molecule has 4 aromatic rings. The van der Waals surface area contributed by atoms with Crippen molar-refractivity contribution in [2.75, 3.05) is 0 Å². The number of fused-ring (bicyclic) bond motifs is 1. The molecular formula is C16H10FN3S2. The SMILES string of the molecule is Fc1cccc(-c2nc3sccn3c2Sc2ccccn2)c1. The summed E-state index contributed by atoms with van der Waals surface area (Å²) in [6.07, 6.45) is 3.73. The largest absolute Gasteiger partial charge is 0.284 e. The van der Waals surface area contributed by atoms with Gasteiger partial charge < -0.3 is 0 Å². The summed E-state index contributed by atoms with van der Waals surface area (Å²) in [5.41, 5.74) is 1.55. The summed E-state index contributed by atoms with van der Waals surface area (Å²) in [7, 11) is 0. The number of thiazole rings is 1. The van der Waals surface area contributed by atoms with Crippen LogP contribution in [0.1, 0.15) is 0 Å². The minimum Gasteiger partial charge on any atom is -0.284 e. The van der Waals surface area contributed by atoms with E-state index in [4.69, 9.17) is 0 Å². The van der Waals surface area contributed by atoms with E-state index in [2.05, 4.69) is 9.97 Å². The molecule has 0 saturated heterocycles. The van der Waals surface area contributed by atoms with Gasteiger partial charge in [-0.3, -0.25) is 4.40 Å². The van der Waals surface area contributed by atoms with E-state index in [1.807, 2.05) is 40.2 Å². The molecule has 3 aromatic heterocycles. The van der Waals surface area contributed by atoms with Crippen LogP contribution in [0.2, 0.25) is 0 Å². The fourth-order valence-corrected chi connectivity index (χ4v) is 3.93. The first-order valence-corrected chi connectivity index (χ1v) is 8.31. The van der Waals surface area contributed by atoms with Crippen molar-refractivity contribution in [3.63, 3.8) is 0 Å². The van der Waals surface area contributed by atoms with Crippen molar-refractivity contribution in [3.8, 4) is 11.3 Å². The summed E-state index contributed by atoms with van der Waals surface area (Å²) in [4.78, 5) is 9.88. The van der Waals surface area contributed by atoms with Crippen molar-refractivity contribution in [1.29, 1.82) is 0 Å². The van der Waals surface area contributed by atoms with E-state index in [-0.39, 0.29) is 5.82 Å². The van der Waals surface area contributed by atoms with Gasteiger partial charge in [-0.25, -0.2) is 14.4 Å². The first-order valence-electron chi connectivity index (χ1n) is 6.61. The van der Waals surface area contributed by atoms with Gasteiger partial charge in [0.25, 0.3) is 0 Å². The van der Waals surface area contributed by atoms with Crippen molar-refractivity contribution in [1.82, 2.24) is 14.4 Å². The van der Waals surface area contributed by atoms with Crippen LogP contribution in [-0.4, -0.2) is 14.4 Å². The minimum absolute atomic E-state index is 0.261. The van der Waals surface area contributed by atoms with Crippen molar-refractivity contribution < 1.29 is 4.39 Å². The molecule has 0 unspecified atom stereocenters. The van der Waals surface area contributed by atoms with Crippen molar-refractivity contribution in [2.45, 2.75) is 10.1 Å². The third-order valence-electron chi connectivity index (χ3n) is 3.16. The van der Waals surface area contributed by atoms with Crippen molar-refractivity contribution in [3.05, 3.63) is 66.1 Å². The average molecular weight is 327 g/mol. The standard InChI is InChI=1S/C16H10FN3S2/c17-12-5-3-4-11(10-12)14-15(20-8-9-21-16(20)19-14)22-13-6-1-2-7-18-13/h1-10H. The number of benzene rings is 1. The van der Waals surface area contributed by atoms with E-state index in [0.29, 0.717) is 0 Å². The van der Waals surface area contributed by atoms with E-state index < -0.39 is 0 Å². The maximum atomic E-state index is 13.5. The van der Waals surface area contributed by atoms with Gasteiger partial charge in [0.05, 0.1) is 0 Å². The molecule has 0 N–H and O–H groups in total. The highest BCUT2D eigenvalue weighted by Crippen LogP contribution is 2.36. The highest BCUT2D eigenvalue weighted by Gasteiger charge is 2.17. The van der Waals surface area contributed by atoms with Gasteiger partial charge in [-0.2, -0.15) is 0 Å². The molecule has 0 aliphatic heterocycles. The molecule has 3 nitrogen and oxygen atoms in total. The Kier molecular flexibility index (Phi) is 3.40. The van der Waals surface area contributed by atoms with Crippen LogP contribution in [0.4, 0.5) is 4.39 Å². The first kappa shape index (κ1) is 13.5. The van der Waals surface area contributed by atoms with Crippen LogP contribution in [0.5, 0.6) is 0 Å². The lowest BCUT2D eigenvalue weighted by molar-refractivity contribution is 0.628. The molecule has 4 rings (SSSR count). The second kappa shape index (κ2) is 5.55. The van der Waals surface area contributed by atoms with Gasteiger partial charge in [0, 0.05) is 23.3 Å². The van der Waals surface area contributed by atoms with Gasteiger partial charge in [0.2, 0.25) is 0 Å². The zero-order valence-corrected chi connectivity index (χ0v) is 12.9. The lowest BCUT2D eigenvalue weighted by atomic mass is 10.2. The topological polar surface area (TPSA) is 30.2 Å². The molecule has 0 bridgehead atoms. The molecule has 0 fully saturated rings. The van der Waals surface area contributed by atoms with Gasteiger partial charge >= 0.3 is 0 Å². The summed E-state index contributed by atoms with van der Waals surface area (Å²) < 4.78 is 15.6. The fraction of sp³-hybridized carbons (Fsp3) is 0. The average Bonchev–Trinajstić information content (AvgIpc) is 3.11. The summed E-state index contributed by atoms with van der Waals surface area (Å²) >= 11 is 3.09.